The lowest BCUT2D eigenvalue weighted by molar-refractivity contribution is -0.114. The molecule has 0 aliphatic rings. The summed E-state index contributed by atoms with van der Waals surface area (Å²) >= 11 is 1.32. The van der Waals surface area contributed by atoms with Crippen LogP contribution in [0.1, 0.15) is 6.92 Å². The Morgan fingerprint density at radius 2 is 2.00 bits per heavy atom. The monoisotopic (exact) mass is 370 g/mol. The number of carbonyl (C=O) groups is 2. The van der Waals surface area contributed by atoms with Crippen LogP contribution in [0.2, 0.25) is 0 Å². The molecule has 2 amide bonds. The van der Waals surface area contributed by atoms with Gasteiger partial charge in [-0.05, 0) is 30.3 Å². The van der Waals surface area contributed by atoms with Crippen LogP contribution in [0, 0.1) is 0 Å². The molecule has 3 N–H and O–H groups in total. The highest BCUT2D eigenvalue weighted by Crippen LogP contribution is 2.28. The van der Waals surface area contributed by atoms with Gasteiger partial charge in [0.25, 0.3) is 0 Å². The van der Waals surface area contributed by atoms with E-state index in [-0.39, 0.29) is 17.6 Å². The van der Waals surface area contributed by atoms with Gasteiger partial charge in [0, 0.05) is 12.6 Å². The first-order chi connectivity index (χ1) is 12.5. The minimum atomic E-state index is -0.216. The first-order valence-corrected chi connectivity index (χ1v) is 8.87. The average molecular weight is 370 g/mol. The number of aromatic nitrogens is 2. The smallest absolute Gasteiger partial charge is 0.234 e. The molecular weight excluding hydrogens is 352 g/mol. The third-order valence-electron chi connectivity index (χ3n) is 3.50. The fourth-order valence-electron chi connectivity index (χ4n) is 2.40. The van der Waals surface area contributed by atoms with Crippen LogP contribution in [-0.2, 0) is 9.59 Å². The molecule has 0 unspecified atom stereocenters. The van der Waals surface area contributed by atoms with Gasteiger partial charge in [-0.25, -0.2) is 4.98 Å². The molecular formula is C18H18N4O3S. The second kappa shape index (κ2) is 7.92. The maximum atomic E-state index is 12.2. The lowest BCUT2D eigenvalue weighted by Crippen LogP contribution is -2.15. The van der Waals surface area contributed by atoms with Crippen molar-refractivity contribution in [1.82, 2.24) is 9.97 Å². The predicted octanol–water partition coefficient (Wildman–Crippen LogP) is 3.26. The molecule has 8 heteroatoms. The van der Waals surface area contributed by atoms with Crippen molar-refractivity contribution in [3.63, 3.8) is 0 Å². The van der Waals surface area contributed by atoms with E-state index in [0.717, 1.165) is 11.0 Å². The van der Waals surface area contributed by atoms with E-state index in [9.17, 15) is 9.59 Å². The number of rotatable bonds is 6. The molecule has 0 aliphatic heterocycles. The highest BCUT2D eigenvalue weighted by atomic mass is 32.2. The number of benzene rings is 2. The second-order valence-corrected chi connectivity index (χ2v) is 6.46. The fraction of sp³-hybridized carbons (Fsp3) is 0.167. The van der Waals surface area contributed by atoms with Gasteiger partial charge >= 0.3 is 0 Å². The van der Waals surface area contributed by atoms with Gasteiger partial charge in [-0.1, -0.05) is 23.9 Å². The van der Waals surface area contributed by atoms with Crippen LogP contribution in [0.3, 0.4) is 0 Å². The van der Waals surface area contributed by atoms with E-state index in [1.165, 1.54) is 25.8 Å². The maximum absolute atomic E-state index is 12.2. The molecule has 0 fully saturated rings. The third-order valence-corrected chi connectivity index (χ3v) is 4.37. The largest absolute Gasteiger partial charge is 0.495 e. The molecule has 7 nitrogen and oxygen atoms in total. The molecule has 3 aromatic rings. The molecule has 0 atom stereocenters. The summed E-state index contributed by atoms with van der Waals surface area (Å²) in [6, 6.07) is 12.8. The molecule has 26 heavy (non-hydrogen) atoms. The molecule has 0 radical (unpaired) electrons. The molecule has 0 saturated heterocycles. The maximum Gasteiger partial charge on any atom is 0.234 e. The van der Waals surface area contributed by atoms with Crippen LogP contribution in [-0.4, -0.2) is 34.6 Å². The van der Waals surface area contributed by atoms with E-state index in [4.69, 9.17) is 4.74 Å². The number of methoxy groups -OCH3 is 1. The number of ether oxygens (including phenoxy) is 1. The summed E-state index contributed by atoms with van der Waals surface area (Å²) in [4.78, 5) is 31.1. The van der Waals surface area contributed by atoms with Crippen molar-refractivity contribution in [3.05, 3.63) is 42.5 Å². The Hall–Kier alpha value is -3.00. The first-order valence-electron chi connectivity index (χ1n) is 7.88. The molecule has 134 valence electrons. The first kappa shape index (κ1) is 17.8. The van der Waals surface area contributed by atoms with Crippen molar-refractivity contribution < 1.29 is 14.3 Å². The van der Waals surface area contributed by atoms with Gasteiger partial charge in [-0.15, -0.1) is 0 Å². The predicted molar refractivity (Wildman–Crippen MR) is 103 cm³/mol. The number of nitrogens with one attached hydrogen (secondary N) is 3. The van der Waals surface area contributed by atoms with Crippen LogP contribution in [0.15, 0.2) is 47.6 Å². The van der Waals surface area contributed by atoms with Crippen molar-refractivity contribution >= 4 is 46.0 Å². The van der Waals surface area contributed by atoms with Crippen molar-refractivity contribution in [2.45, 2.75) is 12.1 Å². The normalized spacial score (nSPS) is 10.5. The number of nitrogens with zero attached hydrogens (tertiary/aromatic N) is 1. The number of hydrogen-bond donors (Lipinski definition) is 3. The number of thioether (sulfide) groups is 1. The molecule has 2 aromatic carbocycles. The molecule has 1 heterocycles. The van der Waals surface area contributed by atoms with Crippen LogP contribution >= 0.6 is 11.8 Å². The van der Waals surface area contributed by atoms with Gasteiger partial charge in [0.05, 0.1) is 29.6 Å². The van der Waals surface area contributed by atoms with E-state index >= 15 is 0 Å². The molecule has 1 aromatic heterocycles. The summed E-state index contributed by atoms with van der Waals surface area (Å²) in [5.74, 6) is 0.345. The fourth-order valence-corrected chi connectivity index (χ4v) is 3.09. The Labute approximate surface area is 154 Å². The van der Waals surface area contributed by atoms with Gasteiger partial charge in [0.2, 0.25) is 11.8 Å². The number of fused-ring (bicyclic) bond motifs is 1. The topological polar surface area (TPSA) is 96.1 Å². The van der Waals surface area contributed by atoms with Crippen LogP contribution in [0.4, 0.5) is 11.4 Å². The van der Waals surface area contributed by atoms with Crippen LogP contribution < -0.4 is 15.4 Å². The van der Waals surface area contributed by atoms with Crippen molar-refractivity contribution in [2.24, 2.45) is 0 Å². The van der Waals surface area contributed by atoms with Gasteiger partial charge in [0.15, 0.2) is 5.16 Å². The number of imidazole rings is 1. The zero-order valence-electron chi connectivity index (χ0n) is 14.3. The van der Waals surface area contributed by atoms with Crippen LogP contribution in [0.25, 0.3) is 11.0 Å². The highest BCUT2D eigenvalue weighted by molar-refractivity contribution is 7.99. The van der Waals surface area contributed by atoms with Gasteiger partial charge in [0.1, 0.15) is 5.75 Å². The Balaban J connectivity index is 1.63. The minimum absolute atomic E-state index is 0.172. The van der Waals surface area contributed by atoms with E-state index in [1.807, 2.05) is 24.3 Å². The number of anilines is 2. The SMILES string of the molecule is COc1ccc(NC(=O)CSc2nc3ccccc3[nH]2)cc1NC(C)=O. The zero-order valence-corrected chi connectivity index (χ0v) is 15.1. The number of aromatic amines is 1. The standard InChI is InChI=1S/C18H18N4O3S/c1-11(23)19-15-9-12(7-8-16(15)25-2)20-17(24)10-26-18-21-13-5-3-4-6-14(13)22-18/h3-9H,10H2,1-2H3,(H,19,23)(H,20,24)(H,21,22). The number of carbonyl (C=O) groups excluding carboxylic acids is 2. The third kappa shape index (κ3) is 4.34. The molecule has 3 rings (SSSR count). The molecule has 0 aliphatic carbocycles. The Kier molecular flexibility index (Phi) is 5.43. The molecule has 0 bridgehead atoms. The van der Waals surface area contributed by atoms with Crippen molar-refractivity contribution in [1.29, 1.82) is 0 Å². The summed E-state index contributed by atoms with van der Waals surface area (Å²) in [7, 11) is 1.52. The van der Waals surface area contributed by atoms with Crippen molar-refractivity contribution in [2.75, 3.05) is 23.5 Å². The summed E-state index contributed by atoms with van der Waals surface area (Å²) in [5, 5.41) is 6.17. The second-order valence-electron chi connectivity index (χ2n) is 5.49. The van der Waals surface area contributed by atoms with E-state index in [1.54, 1.807) is 18.2 Å². The Morgan fingerprint density at radius 3 is 2.73 bits per heavy atom. The number of para-hydroxylation sites is 2. The summed E-state index contributed by atoms with van der Waals surface area (Å²) in [5.41, 5.74) is 2.88. The van der Waals surface area contributed by atoms with E-state index in [2.05, 4.69) is 20.6 Å². The Morgan fingerprint density at radius 1 is 1.19 bits per heavy atom. The Bertz CT molecular complexity index is 922. The zero-order chi connectivity index (χ0) is 18.5. The quantitative estimate of drug-likeness (QED) is 0.579. The van der Waals surface area contributed by atoms with Gasteiger partial charge in [-0.3, -0.25) is 9.59 Å². The molecule has 0 saturated carbocycles. The summed E-state index contributed by atoms with van der Waals surface area (Å²) in [6.45, 7) is 1.41. The van der Waals surface area contributed by atoms with Gasteiger partial charge < -0.3 is 20.4 Å². The van der Waals surface area contributed by atoms with Crippen LogP contribution in [0.5, 0.6) is 5.75 Å². The minimum Gasteiger partial charge on any atom is -0.495 e. The number of amides is 2. The average Bonchev–Trinajstić information content (AvgIpc) is 3.03. The molecule has 0 spiro atoms. The highest BCUT2D eigenvalue weighted by Gasteiger charge is 2.10. The van der Waals surface area contributed by atoms with Gasteiger partial charge in [-0.2, -0.15) is 0 Å². The van der Waals surface area contributed by atoms with E-state index in [0.29, 0.717) is 22.3 Å². The van der Waals surface area contributed by atoms with E-state index < -0.39 is 0 Å². The lowest BCUT2D eigenvalue weighted by atomic mass is 10.2. The number of H-pyrrole nitrogens is 1. The lowest BCUT2D eigenvalue weighted by Gasteiger charge is -2.11. The summed E-state index contributed by atoms with van der Waals surface area (Å²) in [6.07, 6.45) is 0. The van der Waals surface area contributed by atoms with Crippen molar-refractivity contribution in [3.8, 4) is 5.75 Å². The summed E-state index contributed by atoms with van der Waals surface area (Å²) < 4.78 is 5.20. The number of hydrogen-bond acceptors (Lipinski definition) is 5.